The van der Waals surface area contributed by atoms with Crippen LogP contribution in [0, 0.1) is 5.92 Å². The zero-order valence-electron chi connectivity index (χ0n) is 12.3. The topological polar surface area (TPSA) is 30.7 Å². The lowest BCUT2D eigenvalue weighted by molar-refractivity contribution is -0.927. The van der Waals surface area contributed by atoms with Gasteiger partial charge >= 0.3 is 5.97 Å². The van der Waals surface area contributed by atoms with Crippen LogP contribution in [0.15, 0.2) is 43.0 Å². The van der Waals surface area contributed by atoms with Gasteiger partial charge in [-0.1, -0.05) is 31.7 Å². The fraction of sp³-hybridized carbons (Fsp3) is 0.471. The molecule has 1 unspecified atom stereocenters. The Bertz CT molecular complexity index is 457. The summed E-state index contributed by atoms with van der Waals surface area (Å²) < 4.78 is 5.71. The van der Waals surface area contributed by atoms with E-state index in [9.17, 15) is 4.79 Å². The first-order valence-corrected chi connectivity index (χ1v) is 7.33. The SMILES string of the molecule is C=CC[NH+]1C[C@@H](C)[C@H](OC(=O)c2ccccc2)C[C@@H]1C. The summed E-state index contributed by atoms with van der Waals surface area (Å²) in [4.78, 5) is 13.7. The predicted octanol–water partition coefficient (Wildman–Crippen LogP) is 1.71. The Morgan fingerprint density at radius 2 is 2.10 bits per heavy atom. The third-order valence-corrected chi connectivity index (χ3v) is 4.18. The van der Waals surface area contributed by atoms with E-state index in [1.165, 1.54) is 4.90 Å². The molecule has 3 nitrogen and oxygen atoms in total. The summed E-state index contributed by atoms with van der Waals surface area (Å²) in [5.41, 5.74) is 0.633. The molecule has 108 valence electrons. The highest BCUT2D eigenvalue weighted by Crippen LogP contribution is 2.17. The van der Waals surface area contributed by atoms with Crippen molar-refractivity contribution in [1.82, 2.24) is 0 Å². The maximum absolute atomic E-state index is 12.1. The number of benzene rings is 1. The normalized spacial score (nSPS) is 29.7. The molecule has 1 N–H and O–H groups in total. The lowest BCUT2D eigenvalue weighted by Crippen LogP contribution is -3.17. The molecule has 0 radical (unpaired) electrons. The van der Waals surface area contributed by atoms with Crippen LogP contribution in [0.5, 0.6) is 0 Å². The zero-order valence-corrected chi connectivity index (χ0v) is 12.3. The van der Waals surface area contributed by atoms with Crippen molar-refractivity contribution in [2.75, 3.05) is 13.1 Å². The number of quaternary nitrogens is 1. The van der Waals surface area contributed by atoms with Crippen molar-refractivity contribution >= 4 is 5.97 Å². The van der Waals surface area contributed by atoms with Gasteiger partial charge in [-0.15, -0.1) is 0 Å². The highest BCUT2D eigenvalue weighted by Gasteiger charge is 2.35. The molecule has 1 heterocycles. The fourth-order valence-corrected chi connectivity index (χ4v) is 2.91. The van der Waals surface area contributed by atoms with E-state index >= 15 is 0 Å². The van der Waals surface area contributed by atoms with Gasteiger partial charge in [0.15, 0.2) is 0 Å². The van der Waals surface area contributed by atoms with E-state index in [4.69, 9.17) is 4.74 Å². The summed E-state index contributed by atoms with van der Waals surface area (Å²) in [5.74, 6) is 0.177. The molecule has 1 aromatic carbocycles. The number of rotatable bonds is 4. The summed E-state index contributed by atoms with van der Waals surface area (Å²) in [5, 5.41) is 0. The van der Waals surface area contributed by atoms with Gasteiger partial charge in [-0.3, -0.25) is 0 Å². The molecule has 1 aliphatic heterocycles. The third kappa shape index (κ3) is 3.48. The molecule has 0 amide bonds. The minimum atomic E-state index is -0.207. The first-order valence-electron chi connectivity index (χ1n) is 7.33. The number of carbonyl (C=O) groups is 1. The number of hydrogen-bond acceptors (Lipinski definition) is 2. The van der Waals surface area contributed by atoms with Crippen molar-refractivity contribution in [3.8, 4) is 0 Å². The average Bonchev–Trinajstić information content (AvgIpc) is 2.45. The van der Waals surface area contributed by atoms with E-state index in [1.54, 1.807) is 12.1 Å². The number of ether oxygens (including phenoxy) is 1. The van der Waals surface area contributed by atoms with Gasteiger partial charge in [0.25, 0.3) is 0 Å². The molecule has 0 aliphatic carbocycles. The first kappa shape index (κ1) is 14.8. The maximum atomic E-state index is 12.1. The van der Waals surface area contributed by atoms with Crippen LogP contribution < -0.4 is 4.90 Å². The summed E-state index contributed by atoms with van der Waals surface area (Å²) in [7, 11) is 0. The van der Waals surface area contributed by atoms with E-state index in [0.717, 1.165) is 19.5 Å². The van der Waals surface area contributed by atoms with Crippen LogP contribution in [0.4, 0.5) is 0 Å². The second-order valence-corrected chi connectivity index (χ2v) is 5.78. The zero-order chi connectivity index (χ0) is 14.5. The van der Waals surface area contributed by atoms with Crippen LogP contribution >= 0.6 is 0 Å². The molecule has 1 saturated heterocycles. The standard InChI is InChI=1S/C17H23NO2/c1-4-10-18-12-13(2)16(11-14(18)3)20-17(19)15-8-6-5-7-9-15/h4-9,13-14,16H,1,10-12H2,2-3H3/p+1/t13-,14+,16-/m1/s1. The van der Waals surface area contributed by atoms with Gasteiger partial charge in [0.05, 0.1) is 24.7 Å². The van der Waals surface area contributed by atoms with Gasteiger partial charge in [0.2, 0.25) is 0 Å². The Morgan fingerprint density at radius 1 is 1.40 bits per heavy atom. The molecular formula is C17H24NO2+. The van der Waals surface area contributed by atoms with Gasteiger partial charge in [0, 0.05) is 12.3 Å². The largest absolute Gasteiger partial charge is 0.458 e. The van der Waals surface area contributed by atoms with Gasteiger partial charge in [0.1, 0.15) is 6.10 Å². The minimum Gasteiger partial charge on any atom is -0.458 e. The molecule has 2 rings (SSSR count). The van der Waals surface area contributed by atoms with Crippen LogP contribution in [0.25, 0.3) is 0 Å². The van der Waals surface area contributed by atoms with E-state index < -0.39 is 0 Å². The molecular weight excluding hydrogens is 250 g/mol. The van der Waals surface area contributed by atoms with Crippen LogP contribution in [-0.4, -0.2) is 31.2 Å². The van der Waals surface area contributed by atoms with Gasteiger partial charge in [-0.25, -0.2) is 4.79 Å². The second kappa shape index (κ2) is 6.71. The van der Waals surface area contributed by atoms with Crippen LogP contribution in [-0.2, 0) is 4.74 Å². The minimum absolute atomic E-state index is 0.0197. The van der Waals surface area contributed by atoms with E-state index in [-0.39, 0.29) is 12.1 Å². The Balaban J connectivity index is 1.97. The molecule has 1 aromatic rings. The highest BCUT2D eigenvalue weighted by atomic mass is 16.5. The molecule has 20 heavy (non-hydrogen) atoms. The summed E-state index contributed by atoms with van der Waals surface area (Å²) in [6, 6.07) is 9.72. The fourth-order valence-electron chi connectivity index (χ4n) is 2.91. The molecule has 1 fully saturated rings. The van der Waals surface area contributed by atoms with Crippen LogP contribution in [0.1, 0.15) is 30.6 Å². The Labute approximate surface area is 121 Å². The second-order valence-electron chi connectivity index (χ2n) is 5.78. The van der Waals surface area contributed by atoms with Crippen molar-refractivity contribution in [1.29, 1.82) is 0 Å². The van der Waals surface area contributed by atoms with Crippen molar-refractivity contribution in [2.24, 2.45) is 5.92 Å². The smallest absolute Gasteiger partial charge is 0.338 e. The first-order chi connectivity index (χ1) is 9.61. The molecule has 0 aromatic heterocycles. The highest BCUT2D eigenvalue weighted by molar-refractivity contribution is 5.89. The van der Waals surface area contributed by atoms with Crippen molar-refractivity contribution in [2.45, 2.75) is 32.4 Å². The number of esters is 1. The number of carbonyl (C=O) groups excluding carboxylic acids is 1. The maximum Gasteiger partial charge on any atom is 0.338 e. The van der Waals surface area contributed by atoms with Crippen molar-refractivity contribution < 1.29 is 14.4 Å². The summed E-state index contributed by atoms with van der Waals surface area (Å²) >= 11 is 0. The molecule has 1 aliphatic rings. The van der Waals surface area contributed by atoms with Crippen LogP contribution in [0.2, 0.25) is 0 Å². The molecule has 0 bridgehead atoms. The van der Waals surface area contributed by atoms with E-state index in [0.29, 0.717) is 17.5 Å². The Morgan fingerprint density at radius 3 is 2.75 bits per heavy atom. The number of likely N-dealkylation sites (tertiary alicyclic amines) is 1. The van der Waals surface area contributed by atoms with Crippen molar-refractivity contribution in [3.63, 3.8) is 0 Å². The number of piperidine rings is 1. The van der Waals surface area contributed by atoms with E-state index in [1.807, 2.05) is 24.3 Å². The quantitative estimate of drug-likeness (QED) is 0.669. The summed E-state index contributed by atoms with van der Waals surface area (Å²) in [6.07, 6.45) is 2.91. The Hall–Kier alpha value is -1.61. The molecule has 3 heteroatoms. The van der Waals surface area contributed by atoms with E-state index in [2.05, 4.69) is 20.4 Å². The Kier molecular flexibility index (Phi) is 4.96. The predicted molar refractivity (Wildman–Crippen MR) is 79.8 cm³/mol. The van der Waals surface area contributed by atoms with Gasteiger partial charge in [-0.2, -0.15) is 0 Å². The monoisotopic (exact) mass is 274 g/mol. The molecule has 4 atom stereocenters. The lowest BCUT2D eigenvalue weighted by atomic mass is 9.91. The molecule has 0 spiro atoms. The lowest BCUT2D eigenvalue weighted by Gasteiger charge is -2.37. The average molecular weight is 274 g/mol. The number of hydrogen-bond donors (Lipinski definition) is 1. The van der Waals surface area contributed by atoms with Gasteiger partial charge in [-0.05, 0) is 25.1 Å². The third-order valence-electron chi connectivity index (χ3n) is 4.18. The van der Waals surface area contributed by atoms with Gasteiger partial charge < -0.3 is 9.64 Å². The summed E-state index contributed by atoms with van der Waals surface area (Å²) in [6.45, 7) is 10.2. The van der Waals surface area contributed by atoms with Crippen molar-refractivity contribution in [3.05, 3.63) is 48.6 Å². The molecule has 0 saturated carbocycles. The number of nitrogens with one attached hydrogen (secondary N) is 1. The van der Waals surface area contributed by atoms with Crippen LogP contribution in [0.3, 0.4) is 0 Å².